The second-order valence-electron chi connectivity index (χ2n) is 4.03. The first kappa shape index (κ1) is 13.4. The Labute approximate surface area is 101 Å². The molecule has 0 aromatic rings. The van der Waals surface area contributed by atoms with E-state index < -0.39 is 0 Å². The lowest BCUT2D eigenvalue weighted by molar-refractivity contribution is -0.0666. The molecule has 1 saturated heterocycles. The fraction of sp³-hybridized carbons (Fsp3) is 1.00. The van der Waals surface area contributed by atoms with Crippen LogP contribution in [0.5, 0.6) is 0 Å². The van der Waals surface area contributed by atoms with Crippen molar-refractivity contribution >= 4 is 15.9 Å². The average molecular weight is 280 g/mol. The van der Waals surface area contributed by atoms with Crippen molar-refractivity contribution in [3.8, 4) is 0 Å². The van der Waals surface area contributed by atoms with Gasteiger partial charge in [0.05, 0.1) is 12.2 Å². The molecule has 0 radical (unpaired) electrons. The van der Waals surface area contributed by atoms with Gasteiger partial charge in [-0.15, -0.1) is 0 Å². The van der Waals surface area contributed by atoms with Gasteiger partial charge in [0.15, 0.2) is 0 Å². The molecule has 1 aliphatic heterocycles. The minimum absolute atomic E-state index is 0.348. The van der Waals surface area contributed by atoms with Crippen LogP contribution in [0.4, 0.5) is 0 Å². The topological polar surface area (TPSA) is 21.7 Å². The van der Waals surface area contributed by atoms with Gasteiger partial charge >= 0.3 is 0 Å². The maximum absolute atomic E-state index is 5.77. The highest BCUT2D eigenvalue weighted by molar-refractivity contribution is 9.09. The SMILES string of the molecule is CCOCCCN1CC(C)OC(CBr)C1. The summed E-state index contributed by atoms with van der Waals surface area (Å²) in [5, 5.41) is 0.930. The third-order valence-electron chi connectivity index (χ3n) is 2.54. The number of morpholine rings is 1. The Morgan fingerprint density at radius 1 is 1.47 bits per heavy atom. The molecule has 0 aromatic heterocycles. The first-order valence-electron chi connectivity index (χ1n) is 5.77. The molecular weight excluding hydrogens is 258 g/mol. The minimum Gasteiger partial charge on any atom is -0.382 e. The summed E-state index contributed by atoms with van der Waals surface area (Å²) in [4.78, 5) is 2.47. The van der Waals surface area contributed by atoms with Gasteiger partial charge in [-0.25, -0.2) is 0 Å². The lowest BCUT2D eigenvalue weighted by Gasteiger charge is -2.36. The average Bonchev–Trinajstić information content (AvgIpc) is 2.23. The Kier molecular flexibility index (Phi) is 6.81. The Hall–Kier alpha value is 0.360. The van der Waals surface area contributed by atoms with Crippen LogP contribution >= 0.6 is 15.9 Å². The summed E-state index contributed by atoms with van der Waals surface area (Å²) in [7, 11) is 0. The van der Waals surface area contributed by atoms with Crippen molar-refractivity contribution in [2.45, 2.75) is 32.5 Å². The van der Waals surface area contributed by atoms with E-state index in [1.165, 1.54) is 0 Å². The third kappa shape index (κ3) is 5.29. The zero-order valence-corrected chi connectivity index (χ0v) is 11.3. The van der Waals surface area contributed by atoms with E-state index in [2.05, 4.69) is 27.8 Å². The van der Waals surface area contributed by atoms with Crippen LogP contribution in [-0.2, 0) is 9.47 Å². The molecule has 1 heterocycles. The molecule has 90 valence electrons. The van der Waals surface area contributed by atoms with Gasteiger partial charge in [0.2, 0.25) is 0 Å². The fourth-order valence-corrected chi connectivity index (χ4v) is 2.30. The molecule has 1 rings (SSSR count). The molecule has 1 aliphatic rings. The number of rotatable bonds is 6. The highest BCUT2D eigenvalue weighted by Crippen LogP contribution is 2.12. The molecule has 2 unspecified atom stereocenters. The Morgan fingerprint density at radius 3 is 2.93 bits per heavy atom. The Bertz CT molecular complexity index is 169. The molecule has 3 nitrogen and oxygen atoms in total. The summed E-state index contributed by atoms with van der Waals surface area (Å²) in [6.45, 7) is 9.10. The molecule has 15 heavy (non-hydrogen) atoms. The summed E-state index contributed by atoms with van der Waals surface area (Å²) in [5.74, 6) is 0. The molecule has 0 aromatic carbocycles. The molecule has 2 atom stereocenters. The number of nitrogens with zero attached hydrogens (tertiary/aromatic N) is 1. The first-order chi connectivity index (χ1) is 7.26. The van der Waals surface area contributed by atoms with Crippen LogP contribution in [-0.4, -0.2) is 55.3 Å². The van der Waals surface area contributed by atoms with Gasteiger partial charge in [0.1, 0.15) is 0 Å². The van der Waals surface area contributed by atoms with Gasteiger partial charge < -0.3 is 9.47 Å². The molecule has 0 amide bonds. The van der Waals surface area contributed by atoms with Crippen molar-refractivity contribution in [3.63, 3.8) is 0 Å². The van der Waals surface area contributed by atoms with Gasteiger partial charge in [0.25, 0.3) is 0 Å². The van der Waals surface area contributed by atoms with Gasteiger partial charge in [-0.1, -0.05) is 15.9 Å². The number of halogens is 1. The van der Waals surface area contributed by atoms with E-state index >= 15 is 0 Å². The van der Waals surface area contributed by atoms with Crippen molar-refractivity contribution in [2.24, 2.45) is 0 Å². The quantitative estimate of drug-likeness (QED) is 0.548. The van der Waals surface area contributed by atoms with Crippen molar-refractivity contribution in [1.82, 2.24) is 4.90 Å². The van der Waals surface area contributed by atoms with Gasteiger partial charge in [-0.3, -0.25) is 4.90 Å². The molecule has 0 spiro atoms. The third-order valence-corrected chi connectivity index (χ3v) is 3.26. The summed E-state index contributed by atoms with van der Waals surface area (Å²) >= 11 is 3.48. The molecular formula is C11H22BrNO2. The zero-order chi connectivity index (χ0) is 11.1. The van der Waals surface area contributed by atoms with Crippen LogP contribution in [0, 0.1) is 0 Å². The van der Waals surface area contributed by atoms with E-state index in [-0.39, 0.29) is 0 Å². The van der Waals surface area contributed by atoms with Crippen molar-refractivity contribution in [1.29, 1.82) is 0 Å². The highest BCUT2D eigenvalue weighted by atomic mass is 79.9. The molecule has 0 saturated carbocycles. The van der Waals surface area contributed by atoms with Crippen molar-refractivity contribution < 1.29 is 9.47 Å². The number of ether oxygens (including phenoxy) is 2. The van der Waals surface area contributed by atoms with E-state index in [0.717, 1.165) is 44.6 Å². The standard InChI is InChI=1S/C11H22BrNO2/c1-3-14-6-4-5-13-8-10(2)15-11(7-12)9-13/h10-11H,3-9H2,1-2H3. The highest BCUT2D eigenvalue weighted by Gasteiger charge is 2.23. The number of hydrogen-bond donors (Lipinski definition) is 0. The monoisotopic (exact) mass is 279 g/mol. The second kappa shape index (κ2) is 7.60. The van der Waals surface area contributed by atoms with Crippen LogP contribution in [0.15, 0.2) is 0 Å². The largest absolute Gasteiger partial charge is 0.382 e. The summed E-state index contributed by atoms with van der Waals surface area (Å²) in [6, 6.07) is 0. The maximum Gasteiger partial charge on any atom is 0.0802 e. The van der Waals surface area contributed by atoms with Crippen LogP contribution in [0.3, 0.4) is 0 Å². The van der Waals surface area contributed by atoms with Gasteiger partial charge in [-0.05, 0) is 20.3 Å². The van der Waals surface area contributed by atoms with Crippen LogP contribution in [0.25, 0.3) is 0 Å². The van der Waals surface area contributed by atoms with E-state index in [4.69, 9.17) is 9.47 Å². The smallest absolute Gasteiger partial charge is 0.0802 e. The minimum atomic E-state index is 0.348. The molecule has 0 aliphatic carbocycles. The Morgan fingerprint density at radius 2 is 2.27 bits per heavy atom. The van der Waals surface area contributed by atoms with Gasteiger partial charge in [-0.2, -0.15) is 0 Å². The van der Waals surface area contributed by atoms with E-state index in [1.54, 1.807) is 0 Å². The second-order valence-corrected chi connectivity index (χ2v) is 4.68. The normalized spacial score (nSPS) is 28.2. The van der Waals surface area contributed by atoms with Gasteiger partial charge in [0, 0.05) is 38.2 Å². The maximum atomic E-state index is 5.77. The molecule has 1 fully saturated rings. The predicted molar refractivity (Wildman–Crippen MR) is 65.7 cm³/mol. The van der Waals surface area contributed by atoms with E-state index in [1.807, 2.05) is 6.92 Å². The zero-order valence-electron chi connectivity index (χ0n) is 9.75. The lowest BCUT2D eigenvalue weighted by Crippen LogP contribution is -2.47. The summed E-state index contributed by atoms with van der Waals surface area (Å²) < 4.78 is 11.1. The number of alkyl halides is 1. The van der Waals surface area contributed by atoms with E-state index in [0.29, 0.717) is 12.2 Å². The molecule has 4 heteroatoms. The number of hydrogen-bond acceptors (Lipinski definition) is 3. The molecule has 0 N–H and O–H groups in total. The Balaban J connectivity index is 2.16. The van der Waals surface area contributed by atoms with Crippen molar-refractivity contribution in [3.05, 3.63) is 0 Å². The van der Waals surface area contributed by atoms with Crippen LogP contribution in [0.2, 0.25) is 0 Å². The van der Waals surface area contributed by atoms with Crippen LogP contribution in [0.1, 0.15) is 20.3 Å². The fourth-order valence-electron chi connectivity index (χ4n) is 1.94. The van der Waals surface area contributed by atoms with Crippen molar-refractivity contribution in [2.75, 3.05) is 38.2 Å². The lowest BCUT2D eigenvalue weighted by atomic mass is 10.2. The van der Waals surface area contributed by atoms with Crippen LogP contribution < -0.4 is 0 Å². The first-order valence-corrected chi connectivity index (χ1v) is 6.90. The molecule has 0 bridgehead atoms. The summed E-state index contributed by atoms with van der Waals surface area (Å²) in [5.41, 5.74) is 0. The predicted octanol–water partition coefficient (Wildman–Crippen LogP) is 1.90. The summed E-state index contributed by atoms with van der Waals surface area (Å²) in [6.07, 6.45) is 1.82. The van der Waals surface area contributed by atoms with E-state index in [9.17, 15) is 0 Å².